The highest BCUT2D eigenvalue weighted by atomic mass is 127. The molecule has 3 aliphatic rings. The Bertz CT molecular complexity index is 1080. The molecule has 3 aliphatic carbocycles. The highest BCUT2D eigenvalue weighted by molar-refractivity contribution is 7.77. The van der Waals surface area contributed by atoms with Gasteiger partial charge in [0.2, 0.25) is 0 Å². The number of unbranched alkanes of at least 4 members (excludes halogenated alkanes) is 3. The number of anilines is 1. The van der Waals surface area contributed by atoms with Crippen LogP contribution in [0.25, 0.3) is 10.8 Å². The number of fused-ring (bicyclic) bond motifs is 1. The Balaban J connectivity index is 0.00000353. The predicted molar refractivity (Wildman–Crippen MR) is 165 cm³/mol. The molecule has 0 bridgehead atoms. The summed E-state index contributed by atoms with van der Waals surface area (Å²) in [6, 6.07) is 5.48. The monoisotopic (exact) mass is 667 g/mol. The third-order valence-corrected chi connectivity index (χ3v) is 17.1. The average Bonchev–Trinajstić information content (AvgIpc) is 2.98. The van der Waals surface area contributed by atoms with Crippen LogP contribution in [0.3, 0.4) is 0 Å². The first-order chi connectivity index (χ1) is 18.7. The Labute approximate surface area is 252 Å². The maximum Gasteiger partial charge on any atom is 0.272 e. The first-order valence-corrected chi connectivity index (χ1v) is 18.2. The quantitative estimate of drug-likeness (QED) is 0.175. The van der Waals surface area contributed by atoms with Gasteiger partial charge in [0.25, 0.3) is 11.1 Å². The van der Waals surface area contributed by atoms with Gasteiger partial charge in [0, 0.05) is 19.5 Å². The average molecular weight is 668 g/mol. The van der Waals surface area contributed by atoms with Crippen molar-refractivity contribution in [1.82, 2.24) is 10.2 Å². The molecular formula is C32H51IN3O2P. The minimum atomic E-state index is -0.950. The van der Waals surface area contributed by atoms with Crippen molar-refractivity contribution in [2.45, 2.75) is 139 Å². The number of hydrogen-bond donors (Lipinski definition) is 3. The van der Waals surface area contributed by atoms with Crippen LogP contribution in [-0.2, 0) is 0 Å². The lowest BCUT2D eigenvalue weighted by atomic mass is 9.99. The topological polar surface area (TPSA) is 77.8 Å². The fourth-order valence-corrected chi connectivity index (χ4v) is 16.2. The van der Waals surface area contributed by atoms with Gasteiger partial charge in [0.1, 0.15) is 0 Å². The van der Waals surface area contributed by atoms with Crippen molar-refractivity contribution in [2.24, 2.45) is 0 Å². The van der Waals surface area contributed by atoms with Crippen LogP contribution in [-0.4, -0.2) is 39.9 Å². The number of nitrogens with one attached hydrogen (secondary N) is 3. The summed E-state index contributed by atoms with van der Waals surface area (Å²) in [5.41, 5.74) is 3.57. The van der Waals surface area contributed by atoms with Crippen LogP contribution in [0.4, 0.5) is 5.69 Å². The summed E-state index contributed by atoms with van der Waals surface area (Å²) in [6.45, 7) is 0.847. The molecular weight excluding hydrogens is 616 g/mol. The maximum atomic E-state index is 12.3. The highest BCUT2D eigenvalue weighted by Crippen LogP contribution is 2.77. The van der Waals surface area contributed by atoms with Crippen molar-refractivity contribution in [2.75, 3.05) is 18.0 Å². The summed E-state index contributed by atoms with van der Waals surface area (Å²) in [7, 11) is -0.950. The van der Waals surface area contributed by atoms with Crippen LogP contribution >= 0.6 is 7.26 Å². The third-order valence-electron chi connectivity index (χ3n) is 10.4. The molecule has 1 aromatic heterocycles. The highest BCUT2D eigenvalue weighted by Gasteiger charge is 2.56. The second-order valence-electron chi connectivity index (χ2n) is 12.6. The smallest absolute Gasteiger partial charge is 0.272 e. The molecule has 0 saturated heterocycles. The number of H-pyrrole nitrogens is 2. The number of aromatic nitrogens is 2. The zero-order valence-corrected chi connectivity index (χ0v) is 27.0. The SMILES string of the molecule is O=c1[nH][nH]c(=O)c2c(NCCCCCC[P+](C3CCCCC3)(C3CCCCC3)C3CCCCC3)cccc12.[I-]. The first kappa shape index (κ1) is 31.1. The molecule has 1 heterocycles. The number of aromatic amines is 2. The Hall–Kier alpha value is -0.880. The van der Waals surface area contributed by atoms with Gasteiger partial charge in [-0.15, -0.1) is 0 Å². The molecule has 0 atom stereocenters. The maximum absolute atomic E-state index is 12.3. The lowest BCUT2D eigenvalue weighted by molar-refractivity contribution is -0.00000799. The fraction of sp³-hybridized carbons (Fsp3) is 0.750. The van der Waals surface area contributed by atoms with Gasteiger partial charge in [-0.3, -0.25) is 19.8 Å². The van der Waals surface area contributed by atoms with E-state index in [0.29, 0.717) is 10.8 Å². The molecule has 0 radical (unpaired) electrons. The van der Waals surface area contributed by atoms with Crippen molar-refractivity contribution < 1.29 is 24.0 Å². The Kier molecular flexibility index (Phi) is 12.2. The second kappa shape index (κ2) is 15.4. The van der Waals surface area contributed by atoms with Crippen LogP contribution in [0.2, 0.25) is 0 Å². The van der Waals surface area contributed by atoms with Gasteiger partial charge >= 0.3 is 0 Å². The zero-order valence-electron chi connectivity index (χ0n) is 24.0. The van der Waals surface area contributed by atoms with Crippen molar-refractivity contribution in [3.05, 3.63) is 38.9 Å². The van der Waals surface area contributed by atoms with E-state index in [1.165, 1.54) is 77.0 Å². The van der Waals surface area contributed by atoms with Gasteiger partial charge in [-0.05, 0) is 108 Å². The van der Waals surface area contributed by atoms with Gasteiger partial charge in [-0.25, -0.2) is 0 Å². The van der Waals surface area contributed by atoms with E-state index >= 15 is 0 Å². The molecule has 5 rings (SSSR count). The van der Waals surface area contributed by atoms with E-state index in [9.17, 15) is 9.59 Å². The number of benzene rings is 1. The summed E-state index contributed by atoms with van der Waals surface area (Å²) in [5, 5.41) is 9.26. The van der Waals surface area contributed by atoms with Crippen LogP contribution < -0.4 is 40.4 Å². The van der Waals surface area contributed by atoms with E-state index in [0.717, 1.165) is 35.6 Å². The van der Waals surface area contributed by atoms with E-state index in [1.54, 1.807) is 50.8 Å². The van der Waals surface area contributed by atoms with Crippen molar-refractivity contribution in [3.63, 3.8) is 0 Å². The number of halogens is 1. The van der Waals surface area contributed by atoms with E-state index < -0.39 is 7.26 Å². The molecule has 2 aromatic rings. The lowest BCUT2D eigenvalue weighted by Gasteiger charge is -2.49. The molecule has 1 aromatic carbocycles. The van der Waals surface area contributed by atoms with Crippen LogP contribution in [0.1, 0.15) is 122 Å². The summed E-state index contributed by atoms with van der Waals surface area (Å²) in [6.07, 6.45) is 29.5. The molecule has 0 spiro atoms. The summed E-state index contributed by atoms with van der Waals surface area (Å²) in [4.78, 5) is 24.5. The molecule has 39 heavy (non-hydrogen) atoms. The minimum absolute atomic E-state index is 0. The first-order valence-electron chi connectivity index (χ1n) is 16.0. The van der Waals surface area contributed by atoms with E-state index in [4.69, 9.17) is 0 Å². The molecule has 3 N–H and O–H groups in total. The molecule has 7 heteroatoms. The fourth-order valence-electron chi connectivity index (χ4n) is 8.59. The third kappa shape index (κ3) is 7.31. The molecule has 218 valence electrons. The van der Waals surface area contributed by atoms with Crippen molar-refractivity contribution in [1.29, 1.82) is 0 Å². The minimum Gasteiger partial charge on any atom is -1.00 e. The van der Waals surface area contributed by atoms with Gasteiger partial charge in [-0.1, -0.05) is 31.7 Å². The molecule has 3 fully saturated rings. The predicted octanol–water partition coefficient (Wildman–Crippen LogP) is 5.21. The van der Waals surface area contributed by atoms with Gasteiger partial charge in [0.05, 0.1) is 33.9 Å². The van der Waals surface area contributed by atoms with Crippen molar-refractivity contribution in [3.8, 4) is 0 Å². The zero-order chi connectivity index (χ0) is 26.2. The van der Waals surface area contributed by atoms with Gasteiger partial charge in [0.15, 0.2) is 0 Å². The number of rotatable bonds is 11. The Morgan fingerprint density at radius 2 is 1.18 bits per heavy atom. The molecule has 0 unspecified atom stereocenters. The van der Waals surface area contributed by atoms with Gasteiger partial charge < -0.3 is 29.3 Å². The van der Waals surface area contributed by atoms with Crippen LogP contribution in [0.15, 0.2) is 27.8 Å². The van der Waals surface area contributed by atoms with E-state index in [2.05, 4.69) is 15.5 Å². The summed E-state index contributed by atoms with van der Waals surface area (Å²) >= 11 is 0. The Morgan fingerprint density at radius 3 is 1.74 bits per heavy atom. The standard InChI is InChI=1S/C32H50N3O2P.HI/c36-31-28-21-14-22-29(30(28)32(37)35-34-31)33-23-12-1-2-13-24-38(25-15-6-3-7-16-25,26-17-8-4-9-18-26)27-19-10-5-11-20-27;/h14,21-22,25-27H,1-13,15-20,23-24H2,(H2-,33,34,35,36,37);1H. The lowest BCUT2D eigenvalue weighted by Crippen LogP contribution is -3.00. The van der Waals surface area contributed by atoms with Gasteiger partial charge in [-0.2, -0.15) is 0 Å². The van der Waals surface area contributed by atoms with E-state index in [-0.39, 0.29) is 35.1 Å². The summed E-state index contributed by atoms with van der Waals surface area (Å²) in [5.74, 6) is 0. The molecule has 0 aliphatic heterocycles. The van der Waals surface area contributed by atoms with Crippen molar-refractivity contribution >= 4 is 23.7 Å². The largest absolute Gasteiger partial charge is 1.00 e. The Morgan fingerprint density at radius 1 is 0.667 bits per heavy atom. The molecule has 0 amide bonds. The van der Waals surface area contributed by atoms with Crippen LogP contribution in [0, 0.1) is 0 Å². The normalized spacial score (nSPS) is 20.1. The molecule has 3 saturated carbocycles. The van der Waals surface area contributed by atoms with Crippen LogP contribution in [0.5, 0.6) is 0 Å². The molecule has 5 nitrogen and oxygen atoms in total. The van der Waals surface area contributed by atoms with E-state index in [1.807, 2.05) is 12.1 Å². The summed E-state index contributed by atoms with van der Waals surface area (Å²) < 4.78 is 0. The second-order valence-corrected chi connectivity index (χ2v) is 17.2. The number of hydrogen-bond acceptors (Lipinski definition) is 3.